The second-order valence-electron chi connectivity index (χ2n) is 9.98. The molecule has 2 atom stereocenters. The topological polar surface area (TPSA) is 46.6 Å². The van der Waals surface area contributed by atoms with Crippen molar-refractivity contribution in [3.8, 4) is 0 Å². The van der Waals surface area contributed by atoms with Crippen LogP contribution in [0.5, 0.6) is 0 Å². The Hall–Kier alpha value is -3.10. The third-order valence-electron chi connectivity index (χ3n) is 7.67. The van der Waals surface area contributed by atoms with Crippen molar-refractivity contribution in [3.05, 3.63) is 96.1 Å². The van der Waals surface area contributed by atoms with Gasteiger partial charge in [-0.25, -0.2) is 13.6 Å². The first kappa shape index (κ1) is 25.5. The van der Waals surface area contributed by atoms with E-state index in [1.165, 1.54) is 23.1 Å². The van der Waals surface area contributed by atoms with E-state index in [2.05, 4.69) is 0 Å². The summed E-state index contributed by atoms with van der Waals surface area (Å²) in [5.74, 6) is -0.0844. The summed E-state index contributed by atoms with van der Waals surface area (Å²) < 4.78 is 47.8. The van der Waals surface area contributed by atoms with Crippen molar-refractivity contribution in [3.63, 3.8) is 0 Å². The molecule has 8 heteroatoms. The van der Waals surface area contributed by atoms with E-state index in [0.717, 1.165) is 41.9 Å². The van der Waals surface area contributed by atoms with E-state index in [9.17, 15) is 17.8 Å². The highest BCUT2D eigenvalue weighted by Crippen LogP contribution is 2.36. The number of ether oxygens (including phenoxy) is 1. The van der Waals surface area contributed by atoms with Gasteiger partial charge in [0.05, 0.1) is 48.4 Å². The number of nitrogens with zero attached hydrogens (tertiary/aromatic N) is 2. The number of carbonyl (C=O) groups is 1. The molecule has 3 saturated heterocycles. The molecule has 3 aliphatic heterocycles. The summed E-state index contributed by atoms with van der Waals surface area (Å²) in [5.41, 5.74) is 0.794. The van der Waals surface area contributed by atoms with Crippen LogP contribution in [0.4, 0.5) is 19.3 Å². The summed E-state index contributed by atoms with van der Waals surface area (Å²) in [7, 11) is -1.08. The zero-order valence-corrected chi connectivity index (χ0v) is 21.4. The first-order valence-electron chi connectivity index (χ1n) is 12.7. The minimum absolute atomic E-state index is 0.0630. The maximum absolute atomic E-state index is 14.7. The zero-order chi connectivity index (χ0) is 25.8. The zero-order valence-electron chi connectivity index (χ0n) is 20.6. The van der Waals surface area contributed by atoms with Crippen molar-refractivity contribution in [2.45, 2.75) is 30.4 Å². The van der Waals surface area contributed by atoms with Gasteiger partial charge in [-0.1, -0.05) is 42.5 Å². The number of fused-ring (bicyclic) bond motifs is 3. The van der Waals surface area contributed by atoms with Gasteiger partial charge in [-0.2, -0.15) is 0 Å². The predicted molar refractivity (Wildman–Crippen MR) is 139 cm³/mol. The predicted octanol–water partition coefficient (Wildman–Crippen LogP) is 5.52. The fourth-order valence-electron chi connectivity index (χ4n) is 5.52. The summed E-state index contributed by atoms with van der Waals surface area (Å²) in [4.78, 5) is 15.6. The maximum Gasteiger partial charge on any atom is 0.415 e. The number of carbonyl (C=O) groups excluding carboxylic acids is 1. The Morgan fingerprint density at radius 1 is 0.946 bits per heavy atom. The van der Waals surface area contributed by atoms with Gasteiger partial charge in [0.25, 0.3) is 0 Å². The molecular formula is C29H31F2N2O3S+. The van der Waals surface area contributed by atoms with E-state index in [1.807, 2.05) is 30.3 Å². The summed E-state index contributed by atoms with van der Waals surface area (Å²) in [5, 5.41) is 0. The lowest BCUT2D eigenvalue weighted by atomic mass is 9.83. The molecule has 0 aliphatic carbocycles. The Kier molecular flexibility index (Phi) is 7.67. The molecule has 1 amide bonds. The summed E-state index contributed by atoms with van der Waals surface area (Å²) in [6.45, 7) is 3.46. The smallest absolute Gasteiger partial charge is 0.415 e. The molecule has 0 spiro atoms. The number of quaternary nitrogens is 1. The average molecular weight is 526 g/mol. The first-order chi connectivity index (χ1) is 17.9. The number of para-hydroxylation sites is 1. The van der Waals surface area contributed by atoms with Crippen molar-refractivity contribution in [1.29, 1.82) is 0 Å². The van der Waals surface area contributed by atoms with Gasteiger partial charge in [-0.05, 0) is 42.0 Å². The molecule has 37 heavy (non-hydrogen) atoms. The van der Waals surface area contributed by atoms with Crippen LogP contribution >= 0.6 is 0 Å². The fourth-order valence-corrected chi connectivity index (χ4v) is 6.77. The molecule has 3 heterocycles. The lowest BCUT2D eigenvalue weighted by Crippen LogP contribution is -2.65. The molecule has 3 aromatic carbocycles. The quantitative estimate of drug-likeness (QED) is 0.364. The second-order valence-corrected chi connectivity index (χ2v) is 11.6. The van der Waals surface area contributed by atoms with Crippen LogP contribution in [0.15, 0.2) is 83.8 Å². The molecule has 3 aliphatic rings. The molecule has 0 saturated carbocycles. The number of piperidine rings is 3. The van der Waals surface area contributed by atoms with Crippen molar-refractivity contribution >= 4 is 22.6 Å². The summed E-state index contributed by atoms with van der Waals surface area (Å²) in [6, 6.07) is 21.4. The number of hydrogen-bond donors (Lipinski definition) is 0. The highest BCUT2D eigenvalue weighted by molar-refractivity contribution is 7.85. The molecule has 5 nitrogen and oxygen atoms in total. The van der Waals surface area contributed by atoms with Gasteiger partial charge in [0, 0.05) is 23.7 Å². The van der Waals surface area contributed by atoms with Crippen LogP contribution in [0.2, 0.25) is 0 Å². The van der Waals surface area contributed by atoms with Crippen LogP contribution in [0, 0.1) is 17.6 Å². The molecule has 0 N–H and O–H groups in total. The Morgan fingerprint density at radius 3 is 2.32 bits per heavy atom. The first-order valence-corrected chi connectivity index (χ1v) is 14.0. The third-order valence-corrected chi connectivity index (χ3v) is 9.02. The number of rotatable bonds is 8. The standard InChI is InChI=1S/C29H31F2N2O3S/c30-24-12-10-22(11-13-24)20-32(27-9-5-4-8-26(27)31)29(34)36-28-21-33(16-14-23(28)15-17-33)18-19-37(35)25-6-2-1-3-7-25/h1-13,23,28H,14-21H2/q+1/t23?,28-,33?,37?/m0/s1. The SMILES string of the molecule is O=C(O[C@H]1C[N+]2(CCS(=O)c3ccccc3)CCC1CC2)N(Cc1ccc(F)cc1)c1ccccc1F. The van der Waals surface area contributed by atoms with Crippen LogP contribution in [0.3, 0.4) is 0 Å². The largest absolute Gasteiger partial charge is 0.440 e. The van der Waals surface area contributed by atoms with Gasteiger partial charge in [0.1, 0.15) is 18.2 Å². The average Bonchev–Trinajstić information content (AvgIpc) is 2.93. The number of halogens is 2. The van der Waals surface area contributed by atoms with Crippen LogP contribution in [0.1, 0.15) is 18.4 Å². The molecule has 0 aromatic heterocycles. The molecule has 2 bridgehead atoms. The molecule has 1 unspecified atom stereocenters. The third kappa shape index (κ3) is 5.91. The van der Waals surface area contributed by atoms with Gasteiger partial charge in [0.2, 0.25) is 0 Å². The van der Waals surface area contributed by atoms with Crippen molar-refractivity contribution in [2.24, 2.45) is 5.92 Å². The highest BCUT2D eigenvalue weighted by atomic mass is 32.2. The van der Waals surface area contributed by atoms with Crippen molar-refractivity contribution in [1.82, 2.24) is 0 Å². The number of amides is 1. The van der Waals surface area contributed by atoms with Gasteiger partial charge in [-0.15, -0.1) is 0 Å². The number of anilines is 1. The molecule has 3 fully saturated rings. The second kappa shape index (κ2) is 11.1. The van der Waals surface area contributed by atoms with Crippen molar-refractivity contribution in [2.75, 3.05) is 36.8 Å². The van der Waals surface area contributed by atoms with Crippen LogP contribution in [0.25, 0.3) is 0 Å². The lowest BCUT2D eigenvalue weighted by molar-refractivity contribution is -0.944. The van der Waals surface area contributed by atoms with Crippen LogP contribution in [-0.2, 0) is 22.1 Å². The molecule has 3 aromatic rings. The Bertz CT molecular complexity index is 1250. The minimum Gasteiger partial charge on any atom is -0.440 e. The Labute approximate surface area is 218 Å². The monoisotopic (exact) mass is 525 g/mol. The number of hydrogen-bond acceptors (Lipinski definition) is 3. The molecule has 194 valence electrons. The van der Waals surface area contributed by atoms with E-state index in [1.54, 1.807) is 30.3 Å². The van der Waals surface area contributed by atoms with Gasteiger partial charge in [0.15, 0.2) is 6.10 Å². The highest BCUT2D eigenvalue weighted by Gasteiger charge is 2.48. The van der Waals surface area contributed by atoms with Crippen LogP contribution in [-0.4, -0.2) is 52.8 Å². The van der Waals surface area contributed by atoms with E-state index in [4.69, 9.17) is 4.74 Å². The van der Waals surface area contributed by atoms with Gasteiger partial charge < -0.3 is 9.22 Å². The Morgan fingerprint density at radius 2 is 1.62 bits per heavy atom. The van der Waals surface area contributed by atoms with E-state index >= 15 is 0 Å². The minimum atomic E-state index is -1.08. The van der Waals surface area contributed by atoms with E-state index in [-0.39, 0.29) is 30.1 Å². The normalized spacial score (nSPS) is 23.4. The summed E-state index contributed by atoms with van der Waals surface area (Å²) in [6.07, 6.45) is 0.975. The van der Waals surface area contributed by atoms with Crippen LogP contribution < -0.4 is 4.90 Å². The lowest BCUT2D eigenvalue weighted by Gasteiger charge is -2.52. The molecular weight excluding hydrogens is 494 g/mol. The van der Waals surface area contributed by atoms with E-state index in [0.29, 0.717) is 17.9 Å². The van der Waals surface area contributed by atoms with E-state index < -0.39 is 22.7 Å². The summed E-state index contributed by atoms with van der Waals surface area (Å²) >= 11 is 0. The maximum atomic E-state index is 14.7. The fraction of sp³-hybridized carbons (Fsp3) is 0.345. The number of benzene rings is 3. The molecule has 0 radical (unpaired) electrons. The molecule has 6 rings (SSSR count). The van der Waals surface area contributed by atoms with Gasteiger partial charge >= 0.3 is 6.09 Å². The Balaban J connectivity index is 1.29. The van der Waals surface area contributed by atoms with Crippen molar-refractivity contribution < 1.29 is 27.0 Å². The van der Waals surface area contributed by atoms with Gasteiger partial charge in [-0.3, -0.25) is 9.11 Å².